The maximum atomic E-state index is 4.89. The standard InChI is InChI=1S/C5H8.H2O/c1-3-5-4-2;/h1H,4-5H2,2H3;1H2. The molecule has 0 aromatic carbocycles. The zero-order valence-corrected chi connectivity index (χ0v) is 3.99. The lowest BCUT2D eigenvalue weighted by atomic mass is 10.4. The fraction of sp³-hybridized carbons (Fsp3) is 0.600. The second-order valence-corrected chi connectivity index (χ2v) is 0.954. The summed E-state index contributed by atoms with van der Waals surface area (Å²) >= 11 is 0. The quantitative estimate of drug-likeness (QED) is 0.418. The largest absolute Gasteiger partial charge is 0.412 e. The second-order valence-electron chi connectivity index (χ2n) is 0.954. The highest BCUT2D eigenvalue weighted by molar-refractivity contribution is 4.81. The Hall–Kier alpha value is -0.480. The fourth-order valence-electron chi connectivity index (χ4n) is 0.144. The molecular weight excluding hydrogens is 76.1 g/mol. The van der Waals surface area contributed by atoms with E-state index in [2.05, 4.69) is 12.8 Å². The zero-order valence-electron chi connectivity index (χ0n) is 3.99. The van der Waals surface area contributed by atoms with Crippen molar-refractivity contribution in [3.8, 4) is 12.3 Å². The summed E-state index contributed by atoms with van der Waals surface area (Å²) in [5.74, 6) is 2.52. The Morgan fingerprint density at radius 2 is 2.17 bits per heavy atom. The van der Waals surface area contributed by atoms with E-state index in [1.807, 2.05) is 0 Å². The van der Waals surface area contributed by atoms with Gasteiger partial charge in [-0.1, -0.05) is 6.92 Å². The molecular formula is C5H10O. The molecule has 0 aliphatic carbocycles. The van der Waals surface area contributed by atoms with Crippen LogP contribution in [0.4, 0.5) is 0 Å². The SMILES string of the molecule is C#CCCC.O. The minimum atomic E-state index is 0. The summed E-state index contributed by atoms with van der Waals surface area (Å²) in [6.45, 7) is 2.07. The van der Waals surface area contributed by atoms with E-state index < -0.39 is 0 Å². The molecule has 6 heavy (non-hydrogen) atoms. The highest BCUT2D eigenvalue weighted by Gasteiger charge is 1.61. The number of terminal acetylenes is 1. The molecule has 1 nitrogen and oxygen atoms in total. The molecule has 0 heterocycles. The van der Waals surface area contributed by atoms with Gasteiger partial charge in [0.25, 0.3) is 0 Å². The zero-order chi connectivity index (χ0) is 4.12. The molecule has 1 heteroatoms. The Morgan fingerprint density at radius 1 is 1.67 bits per heavy atom. The Kier molecular flexibility index (Phi) is 13.4. The van der Waals surface area contributed by atoms with Crippen LogP contribution in [0.1, 0.15) is 19.8 Å². The first-order valence-corrected chi connectivity index (χ1v) is 1.85. The molecule has 36 valence electrons. The Morgan fingerprint density at radius 3 is 2.17 bits per heavy atom. The van der Waals surface area contributed by atoms with Crippen molar-refractivity contribution in [3.63, 3.8) is 0 Å². The molecule has 0 aromatic rings. The molecule has 0 rings (SSSR count). The number of rotatable bonds is 1. The molecule has 0 aromatic heterocycles. The van der Waals surface area contributed by atoms with Gasteiger partial charge < -0.3 is 5.48 Å². The maximum absolute atomic E-state index is 4.89. The molecule has 0 atom stereocenters. The van der Waals surface area contributed by atoms with Gasteiger partial charge in [-0.15, -0.1) is 12.3 Å². The van der Waals surface area contributed by atoms with Crippen LogP contribution in [0.2, 0.25) is 0 Å². The van der Waals surface area contributed by atoms with Crippen LogP contribution in [0.25, 0.3) is 0 Å². The first-order valence-electron chi connectivity index (χ1n) is 1.85. The van der Waals surface area contributed by atoms with Crippen LogP contribution in [0.15, 0.2) is 0 Å². The fourth-order valence-corrected chi connectivity index (χ4v) is 0.144. The van der Waals surface area contributed by atoms with Gasteiger partial charge in [-0.3, -0.25) is 0 Å². The van der Waals surface area contributed by atoms with E-state index in [-0.39, 0.29) is 5.48 Å². The molecule has 2 N–H and O–H groups in total. The van der Waals surface area contributed by atoms with Gasteiger partial charge in [0.2, 0.25) is 0 Å². The molecule has 0 spiro atoms. The van der Waals surface area contributed by atoms with Crippen LogP contribution in [0.3, 0.4) is 0 Å². The minimum Gasteiger partial charge on any atom is -0.412 e. The van der Waals surface area contributed by atoms with Crippen LogP contribution < -0.4 is 0 Å². The van der Waals surface area contributed by atoms with Gasteiger partial charge in [-0.2, -0.15) is 0 Å². The van der Waals surface area contributed by atoms with Gasteiger partial charge in [0, 0.05) is 6.42 Å². The van der Waals surface area contributed by atoms with E-state index >= 15 is 0 Å². The highest BCUT2D eigenvalue weighted by atomic mass is 16.0. The van der Waals surface area contributed by atoms with E-state index in [9.17, 15) is 0 Å². The summed E-state index contributed by atoms with van der Waals surface area (Å²) < 4.78 is 0. The molecule has 0 bridgehead atoms. The van der Waals surface area contributed by atoms with Crippen molar-refractivity contribution >= 4 is 0 Å². The highest BCUT2D eigenvalue weighted by Crippen LogP contribution is 1.77. The Labute approximate surface area is 38.7 Å². The van der Waals surface area contributed by atoms with Crippen LogP contribution in [0.5, 0.6) is 0 Å². The average molecular weight is 86.1 g/mol. The first kappa shape index (κ1) is 9.10. The summed E-state index contributed by atoms with van der Waals surface area (Å²) in [4.78, 5) is 0. The van der Waals surface area contributed by atoms with Gasteiger partial charge in [0.05, 0.1) is 0 Å². The summed E-state index contributed by atoms with van der Waals surface area (Å²) in [5, 5.41) is 0. The third-order valence-corrected chi connectivity index (χ3v) is 0.394. The van der Waals surface area contributed by atoms with Crippen molar-refractivity contribution in [2.75, 3.05) is 0 Å². The summed E-state index contributed by atoms with van der Waals surface area (Å²) in [6, 6.07) is 0. The van der Waals surface area contributed by atoms with E-state index in [4.69, 9.17) is 6.42 Å². The van der Waals surface area contributed by atoms with E-state index in [1.54, 1.807) is 0 Å². The summed E-state index contributed by atoms with van der Waals surface area (Å²) in [5.41, 5.74) is 0. The summed E-state index contributed by atoms with van der Waals surface area (Å²) in [6.07, 6.45) is 6.91. The lowest BCUT2D eigenvalue weighted by molar-refractivity contribution is 0.824. The average Bonchev–Trinajstić information content (AvgIpc) is 1.41. The van der Waals surface area contributed by atoms with Crippen molar-refractivity contribution < 1.29 is 5.48 Å². The molecule has 0 radical (unpaired) electrons. The normalized spacial score (nSPS) is 5.33. The molecule has 0 saturated carbocycles. The van der Waals surface area contributed by atoms with Crippen molar-refractivity contribution in [1.29, 1.82) is 0 Å². The molecule has 0 aliphatic rings. The second kappa shape index (κ2) is 8.82. The Balaban J connectivity index is 0. The number of hydrogen-bond donors (Lipinski definition) is 0. The van der Waals surface area contributed by atoms with E-state index in [1.165, 1.54) is 0 Å². The van der Waals surface area contributed by atoms with Gasteiger partial charge in [-0.05, 0) is 6.42 Å². The molecule has 0 aliphatic heterocycles. The van der Waals surface area contributed by atoms with Gasteiger partial charge in [0.15, 0.2) is 0 Å². The smallest absolute Gasteiger partial charge is 0.00834 e. The monoisotopic (exact) mass is 86.1 g/mol. The number of hydrogen-bond acceptors (Lipinski definition) is 0. The van der Waals surface area contributed by atoms with Crippen molar-refractivity contribution in [2.24, 2.45) is 0 Å². The molecule has 0 unspecified atom stereocenters. The third-order valence-electron chi connectivity index (χ3n) is 0.394. The molecule has 0 fully saturated rings. The van der Waals surface area contributed by atoms with Gasteiger partial charge >= 0.3 is 0 Å². The molecule has 0 amide bonds. The minimum absolute atomic E-state index is 0. The van der Waals surface area contributed by atoms with Crippen LogP contribution in [0, 0.1) is 12.3 Å². The Bertz CT molecular complexity index is 42.4. The van der Waals surface area contributed by atoms with Crippen molar-refractivity contribution in [1.82, 2.24) is 0 Å². The van der Waals surface area contributed by atoms with Gasteiger partial charge in [0.1, 0.15) is 0 Å². The topological polar surface area (TPSA) is 31.5 Å². The van der Waals surface area contributed by atoms with Gasteiger partial charge in [-0.25, -0.2) is 0 Å². The van der Waals surface area contributed by atoms with Crippen LogP contribution in [-0.4, -0.2) is 5.48 Å². The van der Waals surface area contributed by atoms with Crippen LogP contribution >= 0.6 is 0 Å². The lowest BCUT2D eigenvalue weighted by Crippen LogP contribution is -1.53. The van der Waals surface area contributed by atoms with Crippen molar-refractivity contribution in [2.45, 2.75) is 19.8 Å². The van der Waals surface area contributed by atoms with E-state index in [0.717, 1.165) is 12.8 Å². The maximum Gasteiger partial charge on any atom is 0.00834 e. The molecule has 0 saturated heterocycles. The lowest BCUT2D eigenvalue weighted by Gasteiger charge is -1.69. The number of unbranched alkanes of at least 4 members (excludes halogenated alkanes) is 1. The van der Waals surface area contributed by atoms with Crippen LogP contribution in [-0.2, 0) is 0 Å². The predicted molar refractivity (Wildman–Crippen MR) is 27.4 cm³/mol. The first-order chi connectivity index (χ1) is 2.41. The predicted octanol–water partition coefficient (Wildman–Crippen LogP) is 0.595. The summed E-state index contributed by atoms with van der Waals surface area (Å²) in [7, 11) is 0. The van der Waals surface area contributed by atoms with E-state index in [0.29, 0.717) is 0 Å². The third kappa shape index (κ3) is 9.68. The van der Waals surface area contributed by atoms with Crippen molar-refractivity contribution in [3.05, 3.63) is 0 Å².